The predicted molar refractivity (Wildman–Crippen MR) is 117 cm³/mol. The molecule has 2 heterocycles. The van der Waals surface area contributed by atoms with E-state index in [0.717, 1.165) is 22.6 Å². The van der Waals surface area contributed by atoms with Crippen LogP contribution in [0.25, 0.3) is 11.3 Å². The maximum absolute atomic E-state index is 12.6. The third-order valence-corrected chi connectivity index (χ3v) is 4.76. The number of aromatic amines is 1. The van der Waals surface area contributed by atoms with Gasteiger partial charge >= 0.3 is 0 Å². The zero-order chi connectivity index (χ0) is 21.8. The van der Waals surface area contributed by atoms with Gasteiger partial charge in [-0.2, -0.15) is 10.2 Å². The van der Waals surface area contributed by atoms with Gasteiger partial charge in [-0.05, 0) is 43.7 Å². The van der Waals surface area contributed by atoms with E-state index < -0.39 is 0 Å². The van der Waals surface area contributed by atoms with Crippen LogP contribution in [0.1, 0.15) is 21.6 Å². The number of nitrogens with zero attached hydrogens (tertiary/aromatic N) is 3. The van der Waals surface area contributed by atoms with Gasteiger partial charge in [0.15, 0.2) is 6.73 Å². The number of hydrogen-bond acceptors (Lipinski definition) is 5. The zero-order valence-corrected chi connectivity index (χ0v) is 17.5. The molecule has 0 saturated carbocycles. The highest BCUT2D eigenvalue weighted by Crippen LogP contribution is 2.23. The number of benzene rings is 2. The van der Waals surface area contributed by atoms with Crippen LogP contribution in [0.3, 0.4) is 0 Å². The molecule has 8 heteroatoms. The minimum Gasteiger partial charge on any atom is -0.497 e. The Morgan fingerprint density at radius 1 is 1.16 bits per heavy atom. The Morgan fingerprint density at radius 2 is 2.03 bits per heavy atom. The molecule has 0 saturated heterocycles. The molecule has 0 fully saturated rings. The average Bonchev–Trinajstić information content (AvgIpc) is 3.43. The lowest BCUT2D eigenvalue weighted by molar-refractivity contribution is 0.102. The number of aryl methyl sites for hydroxylation is 2. The molecule has 0 unspecified atom stereocenters. The van der Waals surface area contributed by atoms with Gasteiger partial charge in [-0.3, -0.25) is 9.89 Å². The molecule has 158 valence electrons. The van der Waals surface area contributed by atoms with Crippen molar-refractivity contribution >= 4 is 11.6 Å². The molecule has 0 bridgehead atoms. The molecule has 0 atom stereocenters. The fourth-order valence-corrected chi connectivity index (χ4v) is 3.16. The number of ether oxygens (including phenoxy) is 2. The van der Waals surface area contributed by atoms with E-state index in [2.05, 4.69) is 26.7 Å². The molecule has 8 nitrogen and oxygen atoms in total. The fourth-order valence-electron chi connectivity index (χ4n) is 3.16. The first-order valence-electron chi connectivity index (χ1n) is 9.75. The number of aromatic nitrogens is 4. The number of anilines is 1. The highest BCUT2D eigenvalue weighted by atomic mass is 16.5. The van der Waals surface area contributed by atoms with Crippen LogP contribution in [0.5, 0.6) is 11.5 Å². The third-order valence-electron chi connectivity index (χ3n) is 4.76. The number of methoxy groups -OCH3 is 1. The van der Waals surface area contributed by atoms with E-state index in [4.69, 9.17) is 9.47 Å². The van der Waals surface area contributed by atoms with Crippen LogP contribution in [0.4, 0.5) is 5.69 Å². The molecule has 1 amide bonds. The molecule has 0 aliphatic rings. The van der Waals surface area contributed by atoms with Crippen molar-refractivity contribution in [3.63, 3.8) is 0 Å². The van der Waals surface area contributed by atoms with Crippen LogP contribution in [0.15, 0.2) is 60.9 Å². The number of carbonyl (C=O) groups excluding carboxylic acids is 1. The Kier molecular flexibility index (Phi) is 5.70. The first-order valence-corrected chi connectivity index (χ1v) is 9.75. The summed E-state index contributed by atoms with van der Waals surface area (Å²) in [5.41, 5.74) is 4.66. The van der Waals surface area contributed by atoms with Crippen LogP contribution >= 0.6 is 0 Å². The second kappa shape index (κ2) is 8.74. The molecule has 0 aliphatic heterocycles. The van der Waals surface area contributed by atoms with Gasteiger partial charge in [-0.1, -0.05) is 29.8 Å². The SMILES string of the molecule is COc1cccc(-c2cc(C(=O)Nc3cnn(COc4ccc(C)cc4C)c3)[nH]n2)c1. The summed E-state index contributed by atoms with van der Waals surface area (Å²) in [7, 11) is 1.61. The highest BCUT2D eigenvalue weighted by molar-refractivity contribution is 6.03. The number of H-pyrrole nitrogens is 1. The normalized spacial score (nSPS) is 10.7. The van der Waals surface area contributed by atoms with E-state index in [1.165, 1.54) is 5.56 Å². The molecule has 2 aromatic heterocycles. The molecule has 0 spiro atoms. The second-order valence-corrected chi connectivity index (χ2v) is 7.16. The molecular formula is C23H23N5O3. The van der Waals surface area contributed by atoms with Crippen LogP contribution in [0.2, 0.25) is 0 Å². The molecule has 31 heavy (non-hydrogen) atoms. The Balaban J connectivity index is 1.38. The molecule has 2 N–H and O–H groups in total. The van der Waals surface area contributed by atoms with E-state index in [0.29, 0.717) is 17.1 Å². The van der Waals surface area contributed by atoms with Crippen molar-refractivity contribution in [2.45, 2.75) is 20.6 Å². The lowest BCUT2D eigenvalue weighted by Gasteiger charge is -2.09. The Bertz CT molecular complexity index is 1210. The quantitative estimate of drug-likeness (QED) is 0.470. The lowest BCUT2D eigenvalue weighted by Crippen LogP contribution is -2.12. The zero-order valence-electron chi connectivity index (χ0n) is 17.5. The van der Waals surface area contributed by atoms with Crippen LogP contribution in [-0.4, -0.2) is 33.0 Å². The van der Waals surface area contributed by atoms with E-state index in [-0.39, 0.29) is 12.6 Å². The number of carbonyl (C=O) groups is 1. The van der Waals surface area contributed by atoms with Gasteiger partial charge in [0, 0.05) is 5.56 Å². The highest BCUT2D eigenvalue weighted by Gasteiger charge is 2.13. The topological polar surface area (TPSA) is 94.1 Å². The van der Waals surface area contributed by atoms with E-state index >= 15 is 0 Å². The van der Waals surface area contributed by atoms with Gasteiger partial charge in [-0.25, -0.2) is 4.68 Å². The Labute approximate surface area is 179 Å². The molecule has 0 aliphatic carbocycles. The molecule has 2 aromatic carbocycles. The first-order chi connectivity index (χ1) is 15.0. The standard InChI is InChI=1S/C23H23N5O3/c1-15-7-8-22(16(2)9-15)31-14-28-13-18(12-24-28)25-23(29)21-11-20(26-27-21)17-5-4-6-19(10-17)30-3/h4-13H,14H2,1-3H3,(H,25,29)(H,26,27). The minimum atomic E-state index is -0.309. The van der Waals surface area contributed by atoms with E-state index in [9.17, 15) is 4.79 Å². The summed E-state index contributed by atoms with van der Waals surface area (Å²) < 4.78 is 12.7. The summed E-state index contributed by atoms with van der Waals surface area (Å²) in [4.78, 5) is 12.6. The van der Waals surface area contributed by atoms with E-state index in [1.807, 2.05) is 50.2 Å². The smallest absolute Gasteiger partial charge is 0.273 e. The van der Waals surface area contributed by atoms with Crippen molar-refractivity contribution in [3.05, 3.63) is 77.7 Å². The maximum Gasteiger partial charge on any atom is 0.273 e. The predicted octanol–water partition coefficient (Wildman–Crippen LogP) is 4.19. The van der Waals surface area contributed by atoms with Gasteiger partial charge < -0.3 is 14.8 Å². The second-order valence-electron chi connectivity index (χ2n) is 7.16. The van der Waals surface area contributed by atoms with E-state index in [1.54, 1.807) is 30.3 Å². The van der Waals surface area contributed by atoms with Gasteiger partial charge in [0.25, 0.3) is 5.91 Å². The number of nitrogens with one attached hydrogen (secondary N) is 2. The molecule has 4 rings (SSSR count). The average molecular weight is 417 g/mol. The van der Waals surface area contributed by atoms with Crippen molar-refractivity contribution in [3.8, 4) is 22.8 Å². The van der Waals surface area contributed by atoms with Crippen LogP contribution in [-0.2, 0) is 6.73 Å². The summed E-state index contributed by atoms with van der Waals surface area (Å²) in [5.74, 6) is 1.22. The summed E-state index contributed by atoms with van der Waals surface area (Å²) in [6, 6.07) is 15.2. The Hall–Kier alpha value is -4.07. The van der Waals surface area contributed by atoms with Gasteiger partial charge in [0.05, 0.1) is 30.9 Å². The largest absolute Gasteiger partial charge is 0.497 e. The number of hydrogen-bond donors (Lipinski definition) is 2. The first kappa shape index (κ1) is 20.2. The van der Waals surface area contributed by atoms with Crippen LogP contribution < -0.4 is 14.8 Å². The molecule has 4 aromatic rings. The van der Waals surface area contributed by atoms with Crippen molar-refractivity contribution in [1.82, 2.24) is 20.0 Å². The third kappa shape index (κ3) is 4.75. The van der Waals surface area contributed by atoms with Crippen molar-refractivity contribution in [1.29, 1.82) is 0 Å². The summed E-state index contributed by atoms with van der Waals surface area (Å²) in [6.45, 7) is 4.28. The van der Waals surface area contributed by atoms with Crippen LogP contribution in [0, 0.1) is 13.8 Å². The summed E-state index contributed by atoms with van der Waals surface area (Å²) in [5, 5.41) is 14.0. The number of amides is 1. The lowest BCUT2D eigenvalue weighted by atomic mass is 10.1. The van der Waals surface area contributed by atoms with Gasteiger partial charge in [0.2, 0.25) is 0 Å². The minimum absolute atomic E-state index is 0.240. The Morgan fingerprint density at radius 3 is 2.84 bits per heavy atom. The van der Waals surface area contributed by atoms with Crippen molar-refractivity contribution in [2.24, 2.45) is 0 Å². The van der Waals surface area contributed by atoms with Crippen molar-refractivity contribution < 1.29 is 14.3 Å². The van der Waals surface area contributed by atoms with Gasteiger partial charge in [-0.15, -0.1) is 0 Å². The van der Waals surface area contributed by atoms with Crippen molar-refractivity contribution in [2.75, 3.05) is 12.4 Å². The number of rotatable bonds is 7. The maximum atomic E-state index is 12.6. The monoisotopic (exact) mass is 417 g/mol. The summed E-state index contributed by atoms with van der Waals surface area (Å²) >= 11 is 0. The fraction of sp³-hybridized carbons (Fsp3) is 0.174. The molecular weight excluding hydrogens is 394 g/mol. The summed E-state index contributed by atoms with van der Waals surface area (Å²) in [6.07, 6.45) is 3.28. The van der Waals surface area contributed by atoms with Gasteiger partial charge in [0.1, 0.15) is 17.2 Å². The molecule has 0 radical (unpaired) electrons.